The molecule has 1 aliphatic carbocycles. The van der Waals surface area contributed by atoms with Crippen LogP contribution in [0.1, 0.15) is 45.1 Å². The topological polar surface area (TPSA) is 72.9 Å². The van der Waals surface area contributed by atoms with Gasteiger partial charge in [0.05, 0.1) is 24.7 Å². The molecule has 28 heavy (non-hydrogen) atoms. The van der Waals surface area contributed by atoms with Crippen LogP contribution in [0.3, 0.4) is 0 Å². The van der Waals surface area contributed by atoms with E-state index < -0.39 is 23.4 Å². The van der Waals surface area contributed by atoms with Crippen molar-refractivity contribution in [3.05, 3.63) is 47.2 Å². The zero-order valence-electron chi connectivity index (χ0n) is 16.7. The first-order chi connectivity index (χ1) is 13.5. The number of allylic oxidation sites excluding steroid dienone is 1. The first kappa shape index (κ1) is 20.1. The van der Waals surface area contributed by atoms with Crippen LogP contribution in [0.25, 0.3) is 0 Å². The van der Waals surface area contributed by atoms with Crippen molar-refractivity contribution in [2.24, 2.45) is 5.41 Å². The van der Waals surface area contributed by atoms with E-state index in [1.807, 2.05) is 30.3 Å². The average molecular weight is 385 g/mol. The van der Waals surface area contributed by atoms with E-state index in [9.17, 15) is 14.4 Å². The molecule has 1 atom stereocenters. The van der Waals surface area contributed by atoms with Gasteiger partial charge in [0.2, 0.25) is 5.91 Å². The highest BCUT2D eigenvalue weighted by Crippen LogP contribution is 2.52. The second kappa shape index (κ2) is 8.17. The van der Waals surface area contributed by atoms with E-state index >= 15 is 0 Å². The Hall–Kier alpha value is -2.63. The smallest absolute Gasteiger partial charge is 0.336 e. The van der Waals surface area contributed by atoms with Gasteiger partial charge in [-0.2, -0.15) is 0 Å². The van der Waals surface area contributed by atoms with Gasteiger partial charge in [-0.15, -0.1) is 0 Å². The highest BCUT2D eigenvalue weighted by molar-refractivity contribution is 6.06. The van der Waals surface area contributed by atoms with Gasteiger partial charge in [-0.1, -0.05) is 43.2 Å². The Bertz CT molecular complexity index is 792. The van der Waals surface area contributed by atoms with E-state index in [4.69, 9.17) is 9.47 Å². The lowest BCUT2D eigenvalue weighted by molar-refractivity contribution is -0.154. The third-order valence-corrected chi connectivity index (χ3v) is 5.82. The van der Waals surface area contributed by atoms with Crippen molar-refractivity contribution in [2.45, 2.75) is 52.0 Å². The molecule has 1 saturated carbocycles. The Kier molecular flexibility index (Phi) is 5.87. The van der Waals surface area contributed by atoms with Gasteiger partial charge in [0, 0.05) is 12.1 Å². The Morgan fingerprint density at radius 1 is 1.18 bits per heavy atom. The van der Waals surface area contributed by atoms with Crippen LogP contribution in [0.2, 0.25) is 0 Å². The molecule has 0 unspecified atom stereocenters. The fraction of sp³-hybridized carbons (Fsp3) is 0.500. The molecule has 0 bridgehead atoms. The number of nitrogens with zero attached hydrogens (tertiary/aromatic N) is 1. The first-order valence-electron chi connectivity index (χ1n) is 9.80. The van der Waals surface area contributed by atoms with Crippen LogP contribution < -0.4 is 0 Å². The van der Waals surface area contributed by atoms with Crippen molar-refractivity contribution in [1.29, 1.82) is 0 Å². The summed E-state index contributed by atoms with van der Waals surface area (Å²) in [5, 5.41) is 0. The molecule has 1 aromatic carbocycles. The monoisotopic (exact) mass is 385 g/mol. The van der Waals surface area contributed by atoms with E-state index in [-0.39, 0.29) is 12.5 Å². The number of carbonyl (C=O) groups is 3. The minimum Gasteiger partial charge on any atom is -0.466 e. The quantitative estimate of drug-likeness (QED) is 0.704. The van der Waals surface area contributed by atoms with Gasteiger partial charge in [0.25, 0.3) is 0 Å². The minimum atomic E-state index is -0.876. The number of rotatable bonds is 6. The molecule has 1 spiro atoms. The number of hydrogen-bond donors (Lipinski definition) is 0. The predicted octanol–water partition coefficient (Wildman–Crippen LogP) is 3.01. The van der Waals surface area contributed by atoms with Crippen LogP contribution in [-0.2, 0) is 30.3 Å². The molecule has 2 aliphatic rings. The maximum atomic E-state index is 13.6. The number of benzene rings is 1. The molecule has 1 aromatic rings. The zero-order valence-corrected chi connectivity index (χ0v) is 16.7. The number of carbonyl (C=O) groups excluding carboxylic acids is 3. The fourth-order valence-corrected chi connectivity index (χ4v) is 4.58. The maximum Gasteiger partial charge on any atom is 0.336 e. The third-order valence-electron chi connectivity index (χ3n) is 5.82. The lowest BCUT2D eigenvalue weighted by atomic mass is 9.79. The van der Waals surface area contributed by atoms with Gasteiger partial charge in [0.1, 0.15) is 6.04 Å². The van der Waals surface area contributed by atoms with Crippen LogP contribution in [0.4, 0.5) is 0 Å². The molecule has 1 heterocycles. The van der Waals surface area contributed by atoms with Gasteiger partial charge in [-0.05, 0) is 32.3 Å². The zero-order chi connectivity index (χ0) is 20.3. The largest absolute Gasteiger partial charge is 0.466 e. The van der Waals surface area contributed by atoms with Crippen LogP contribution in [0, 0.1) is 5.41 Å². The highest BCUT2D eigenvalue weighted by Gasteiger charge is 2.57. The Morgan fingerprint density at radius 2 is 1.82 bits per heavy atom. The van der Waals surface area contributed by atoms with E-state index in [0.29, 0.717) is 30.5 Å². The lowest BCUT2D eigenvalue weighted by Crippen LogP contribution is -2.47. The summed E-state index contributed by atoms with van der Waals surface area (Å²) in [6.07, 6.45) is 3.27. The average Bonchev–Trinajstić information content (AvgIpc) is 3.25. The molecule has 1 fully saturated rings. The molecule has 6 heteroatoms. The molecule has 0 aromatic heterocycles. The Balaban J connectivity index is 2.05. The van der Waals surface area contributed by atoms with E-state index in [0.717, 1.165) is 18.4 Å². The van der Waals surface area contributed by atoms with Crippen molar-refractivity contribution >= 4 is 17.8 Å². The van der Waals surface area contributed by atoms with E-state index in [1.54, 1.807) is 13.8 Å². The summed E-state index contributed by atoms with van der Waals surface area (Å²) in [5.74, 6) is -1.13. The van der Waals surface area contributed by atoms with Crippen molar-refractivity contribution in [1.82, 2.24) is 4.90 Å². The summed E-state index contributed by atoms with van der Waals surface area (Å²) in [4.78, 5) is 40.5. The summed E-state index contributed by atoms with van der Waals surface area (Å²) in [6, 6.07) is 8.71. The maximum absolute atomic E-state index is 13.6. The summed E-state index contributed by atoms with van der Waals surface area (Å²) in [5.41, 5.74) is 0.958. The summed E-state index contributed by atoms with van der Waals surface area (Å²) < 4.78 is 10.3. The van der Waals surface area contributed by atoms with E-state index in [2.05, 4.69) is 0 Å². The van der Waals surface area contributed by atoms with Gasteiger partial charge < -0.3 is 14.4 Å². The summed E-state index contributed by atoms with van der Waals surface area (Å²) in [6.45, 7) is 3.70. The number of hydrogen-bond acceptors (Lipinski definition) is 5. The summed E-state index contributed by atoms with van der Waals surface area (Å²) >= 11 is 0. The normalized spacial score (nSPS) is 19.2. The fourth-order valence-electron chi connectivity index (χ4n) is 4.58. The van der Waals surface area contributed by atoms with Crippen molar-refractivity contribution in [3.63, 3.8) is 0 Å². The van der Waals surface area contributed by atoms with Crippen LogP contribution in [-0.4, -0.2) is 42.5 Å². The molecule has 3 rings (SSSR count). The highest BCUT2D eigenvalue weighted by atomic mass is 16.5. The number of methoxy groups -OCH3 is 1. The van der Waals surface area contributed by atoms with Crippen LogP contribution in [0.15, 0.2) is 41.6 Å². The Labute approximate surface area is 165 Å². The second-order valence-electron chi connectivity index (χ2n) is 7.37. The molecule has 0 saturated heterocycles. The molecule has 150 valence electrons. The van der Waals surface area contributed by atoms with Crippen LogP contribution >= 0.6 is 0 Å². The lowest BCUT2D eigenvalue weighted by Gasteiger charge is -2.30. The molecular formula is C22H27NO5. The van der Waals surface area contributed by atoms with Gasteiger partial charge >= 0.3 is 11.9 Å². The summed E-state index contributed by atoms with van der Waals surface area (Å²) in [7, 11) is 1.32. The molecular weight excluding hydrogens is 358 g/mol. The number of amides is 1. The predicted molar refractivity (Wildman–Crippen MR) is 103 cm³/mol. The van der Waals surface area contributed by atoms with Crippen molar-refractivity contribution < 1.29 is 23.9 Å². The molecule has 1 amide bonds. The van der Waals surface area contributed by atoms with Gasteiger partial charge in [0.15, 0.2) is 0 Å². The van der Waals surface area contributed by atoms with Crippen molar-refractivity contribution in [2.75, 3.05) is 13.7 Å². The van der Waals surface area contributed by atoms with Gasteiger partial charge in [-0.25, -0.2) is 9.59 Å². The third kappa shape index (κ3) is 3.32. The number of esters is 2. The van der Waals surface area contributed by atoms with Gasteiger partial charge in [-0.3, -0.25) is 4.79 Å². The molecule has 0 N–H and O–H groups in total. The van der Waals surface area contributed by atoms with Crippen LogP contribution in [0.5, 0.6) is 0 Å². The first-order valence-corrected chi connectivity index (χ1v) is 9.80. The Morgan fingerprint density at radius 3 is 2.39 bits per heavy atom. The standard InChI is InChI=1S/C22H27NO5/c1-4-28-19(24)17(14-16-10-6-5-7-11-16)23-15(2)18(20(25)27-3)22(21(23)26)12-8-9-13-22/h5-7,10-11,17H,4,8-9,12-14H2,1-3H3/t17-/m0/s1. The minimum absolute atomic E-state index is 0.183. The number of ether oxygens (including phenoxy) is 2. The van der Waals surface area contributed by atoms with E-state index in [1.165, 1.54) is 12.0 Å². The second-order valence-corrected chi connectivity index (χ2v) is 7.37. The van der Waals surface area contributed by atoms with Crippen molar-refractivity contribution in [3.8, 4) is 0 Å². The molecule has 6 nitrogen and oxygen atoms in total. The molecule has 0 radical (unpaired) electrons. The molecule has 1 aliphatic heterocycles. The SMILES string of the molecule is CCOC(=O)[C@H](Cc1ccccc1)N1C(=O)C2(CCCC2)C(C(=O)OC)=C1C.